The number of hydrogen-bond donors (Lipinski definition) is 1. The van der Waals surface area contributed by atoms with Gasteiger partial charge in [0, 0.05) is 24.0 Å². The van der Waals surface area contributed by atoms with Crippen molar-refractivity contribution in [1.29, 1.82) is 0 Å². The van der Waals surface area contributed by atoms with E-state index in [1.165, 1.54) is 0 Å². The van der Waals surface area contributed by atoms with Crippen molar-refractivity contribution >= 4 is 5.91 Å². The first-order valence-electron chi connectivity index (χ1n) is 9.07. The Kier molecular flexibility index (Phi) is 4.53. The molecule has 2 aromatic heterocycles. The molecule has 140 valence electrons. The fourth-order valence-electron chi connectivity index (χ4n) is 3.69. The Labute approximate surface area is 157 Å². The largest absolute Gasteiger partial charge is 0.377 e. The SMILES string of the molecule is Cc1ccccc1-n1cc(C(=O)N2CCOCC2c2c(C)n[nH]c2C)cn1. The summed E-state index contributed by atoms with van der Waals surface area (Å²) >= 11 is 0. The topological polar surface area (TPSA) is 76.0 Å². The highest BCUT2D eigenvalue weighted by molar-refractivity contribution is 5.94. The first-order chi connectivity index (χ1) is 13.1. The fourth-order valence-corrected chi connectivity index (χ4v) is 3.69. The van der Waals surface area contributed by atoms with Crippen LogP contribution in [0.4, 0.5) is 0 Å². The van der Waals surface area contributed by atoms with E-state index >= 15 is 0 Å². The molecule has 0 radical (unpaired) electrons. The molecule has 0 bridgehead atoms. The number of aromatic nitrogens is 4. The molecule has 27 heavy (non-hydrogen) atoms. The van der Waals surface area contributed by atoms with E-state index < -0.39 is 0 Å². The Morgan fingerprint density at radius 1 is 1.26 bits per heavy atom. The molecule has 1 saturated heterocycles. The van der Waals surface area contributed by atoms with Gasteiger partial charge in [-0.25, -0.2) is 4.68 Å². The number of rotatable bonds is 3. The van der Waals surface area contributed by atoms with Crippen molar-refractivity contribution in [2.45, 2.75) is 26.8 Å². The molecule has 4 rings (SSSR count). The lowest BCUT2D eigenvalue weighted by atomic mass is 10.0. The van der Waals surface area contributed by atoms with Crippen molar-refractivity contribution in [1.82, 2.24) is 24.9 Å². The lowest BCUT2D eigenvalue weighted by Gasteiger charge is -2.35. The molecule has 3 heterocycles. The van der Waals surface area contributed by atoms with E-state index in [1.807, 2.05) is 49.9 Å². The smallest absolute Gasteiger partial charge is 0.257 e. The summed E-state index contributed by atoms with van der Waals surface area (Å²) in [5.74, 6) is -0.0388. The molecule has 7 nitrogen and oxygen atoms in total. The maximum Gasteiger partial charge on any atom is 0.257 e. The van der Waals surface area contributed by atoms with Crippen LogP contribution in [0.3, 0.4) is 0 Å². The maximum absolute atomic E-state index is 13.2. The number of hydrogen-bond acceptors (Lipinski definition) is 4. The van der Waals surface area contributed by atoms with Gasteiger partial charge in [-0.1, -0.05) is 18.2 Å². The number of morpholine rings is 1. The molecular weight excluding hydrogens is 342 g/mol. The third-order valence-electron chi connectivity index (χ3n) is 5.10. The molecule has 1 unspecified atom stereocenters. The number of H-pyrrole nitrogens is 1. The summed E-state index contributed by atoms with van der Waals surface area (Å²) in [4.78, 5) is 15.1. The van der Waals surface area contributed by atoms with Crippen LogP contribution < -0.4 is 0 Å². The second-order valence-corrected chi connectivity index (χ2v) is 6.90. The van der Waals surface area contributed by atoms with Crippen molar-refractivity contribution in [2.75, 3.05) is 19.8 Å². The normalized spacial score (nSPS) is 17.3. The number of ether oxygens (including phenoxy) is 1. The van der Waals surface area contributed by atoms with Crippen LogP contribution >= 0.6 is 0 Å². The lowest BCUT2D eigenvalue weighted by Crippen LogP contribution is -2.43. The third-order valence-corrected chi connectivity index (χ3v) is 5.10. The van der Waals surface area contributed by atoms with Gasteiger partial charge in [-0.05, 0) is 32.4 Å². The summed E-state index contributed by atoms with van der Waals surface area (Å²) in [5.41, 5.74) is 5.55. The number of nitrogens with one attached hydrogen (secondary N) is 1. The molecule has 0 aliphatic carbocycles. The molecule has 3 aromatic rings. The number of carbonyl (C=O) groups excluding carboxylic acids is 1. The molecule has 1 N–H and O–H groups in total. The predicted molar refractivity (Wildman–Crippen MR) is 101 cm³/mol. The van der Waals surface area contributed by atoms with Crippen LogP contribution in [0.1, 0.15) is 38.9 Å². The Balaban J connectivity index is 1.64. The molecular formula is C20H23N5O2. The standard InChI is InChI=1S/C20H23N5O2/c1-13-6-4-5-7-17(13)25-11-16(10-21-25)20(26)24-8-9-27-12-18(24)19-14(2)22-23-15(19)3/h4-7,10-11,18H,8-9,12H2,1-3H3,(H,22,23). The van der Waals surface area contributed by atoms with Gasteiger partial charge in [-0.2, -0.15) is 10.2 Å². The summed E-state index contributed by atoms with van der Waals surface area (Å²) in [5, 5.41) is 11.7. The third kappa shape index (κ3) is 3.14. The van der Waals surface area contributed by atoms with E-state index in [4.69, 9.17) is 4.74 Å². The van der Waals surface area contributed by atoms with Crippen LogP contribution in [0, 0.1) is 20.8 Å². The number of nitrogens with zero attached hydrogens (tertiary/aromatic N) is 4. The number of carbonyl (C=O) groups is 1. The van der Waals surface area contributed by atoms with E-state index in [0.717, 1.165) is 28.2 Å². The van der Waals surface area contributed by atoms with Gasteiger partial charge in [0.2, 0.25) is 0 Å². The van der Waals surface area contributed by atoms with Gasteiger partial charge >= 0.3 is 0 Å². The average Bonchev–Trinajstić information content (AvgIpc) is 3.29. The highest BCUT2D eigenvalue weighted by atomic mass is 16.5. The molecule has 1 amide bonds. The van der Waals surface area contributed by atoms with Gasteiger partial charge in [-0.15, -0.1) is 0 Å². The van der Waals surface area contributed by atoms with Crippen molar-refractivity contribution < 1.29 is 9.53 Å². The van der Waals surface area contributed by atoms with Gasteiger partial charge in [0.1, 0.15) is 0 Å². The van der Waals surface area contributed by atoms with Gasteiger partial charge in [-0.3, -0.25) is 9.89 Å². The highest BCUT2D eigenvalue weighted by Gasteiger charge is 2.33. The zero-order valence-electron chi connectivity index (χ0n) is 15.8. The number of para-hydroxylation sites is 1. The number of amides is 1. The molecule has 0 saturated carbocycles. The van der Waals surface area contributed by atoms with E-state index in [2.05, 4.69) is 15.3 Å². The minimum absolute atomic E-state index is 0.0388. The molecule has 1 aromatic carbocycles. The fraction of sp³-hybridized carbons (Fsp3) is 0.350. The van der Waals surface area contributed by atoms with Gasteiger partial charge in [0.25, 0.3) is 5.91 Å². The zero-order chi connectivity index (χ0) is 19.0. The van der Waals surface area contributed by atoms with Crippen molar-refractivity contribution in [2.24, 2.45) is 0 Å². The number of aryl methyl sites for hydroxylation is 3. The van der Waals surface area contributed by atoms with E-state index in [0.29, 0.717) is 25.3 Å². The zero-order valence-corrected chi connectivity index (χ0v) is 15.8. The maximum atomic E-state index is 13.2. The van der Waals surface area contributed by atoms with Crippen LogP contribution in [0.25, 0.3) is 5.69 Å². The number of aromatic amines is 1. The first kappa shape index (κ1) is 17.5. The predicted octanol–water partition coefficient (Wildman–Crippen LogP) is 2.73. The number of benzene rings is 1. The molecule has 0 spiro atoms. The average molecular weight is 365 g/mol. The Morgan fingerprint density at radius 3 is 2.81 bits per heavy atom. The van der Waals surface area contributed by atoms with Crippen LogP contribution in [-0.4, -0.2) is 50.5 Å². The van der Waals surface area contributed by atoms with Crippen LogP contribution in [0.2, 0.25) is 0 Å². The second-order valence-electron chi connectivity index (χ2n) is 6.90. The minimum Gasteiger partial charge on any atom is -0.377 e. The first-order valence-corrected chi connectivity index (χ1v) is 9.07. The lowest BCUT2D eigenvalue weighted by molar-refractivity contribution is -0.00301. The Hall–Kier alpha value is -2.93. The summed E-state index contributed by atoms with van der Waals surface area (Å²) in [6.07, 6.45) is 3.43. The molecule has 7 heteroatoms. The summed E-state index contributed by atoms with van der Waals surface area (Å²) in [7, 11) is 0. The van der Waals surface area contributed by atoms with Gasteiger partial charge in [0.15, 0.2) is 0 Å². The van der Waals surface area contributed by atoms with Crippen molar-refractivity contribution in [3.63, 3.8) is 0 Å². The van der Waals surface area contributed by atoms with Crippen molar-refractivity contribution in [3.05, 3.63) is 64.7 Å². The van der Waals surface area contributed by atoms with Gasteiger partial charge in [0.05, 0.1) is 42.4 Å². The molecule has 1 fully saturated rings. The van der Waals surface area contributed by atoms with E-state index in [-0.39, 0.29) is 11.9 Å². The van der Waals surface area contributed by atoms with Crippen LogP contribution in [0.5, 0.6) is 0 Å². The Morgan fingerprint density at radius 2 is 2.07 bits per heavy atom. The monoisotopic (exact) mass is 365 g/mol. The highest BCUT2D eigenvalue weighted by Crippen LogP contribution is 2.29. The summed E-state index contributed by atoms with van der Waals surface area (Å²) in [6, 6.07) is 7.83. The summed E-state index contributed by atoms with van der Waals surface area (Å²) < 4.78 is 7.42. The van der Waals surface area contributed by atoms with E-state index in [1.54, 1.807) is 17.1 Å². The van der Waals surface area contributed by atoms with Gasteiger partial charge < -0.3 is 9.64 Å². The van der Waals surface area contributed by atoms with E-state index in [9.17, 15) is 4.79 Å². The van der Waals surface area contributed by atoms with Crippen molar-refractivity contribution in [3.8, 4) is 5.69 Å². The molecule has 1 atom stereocenters. The second kappa shape index (κ2) is 7.00. The molecule has 1 aliphatic rings. The summed E-state index contributed by atoms with van der Waals surface area (Å²) in [6.45, 7) is 7.50. The minimum atomic E-state index is -0.146. The molecule has 1 aliphatic heterocycles. The van der Waals surface area contributed by atoms with Crippen LogP contribution in [0.15, 0.2) is 36.7 Å². The van der Waals surface area contributed by atoms with Crippen LogP contribution in [-0.2, 0) is 4.74 Å². The Bertz CT molecular complexity index is 955. The quantitative estimate of drug-likeness (QED) is 0.774.